The first-order chi connectivity index (χ1) is 17.0. The van der Waals surface area contributed by atoms with Crippen LogP contribution in [0.15, 0.2) is 41.5 Å². The predicted molar refractivity (Wildman–Crippen MR) is 136 cm³/mol. The molecule has 1 aliphatic heterocycles. The molecular formula is C27H36N4O4. The van der Waals surface area contributed by atoms with Crippen LogP contribution in [0.25, 0.3) is 0 Å². The van der Waals surface area contributed by atoms with Gasteiger partial charge < -0.3 is 24.4 Å². The molecular weight excluding hydrogens is 444 g/mol. The van der Waals surface area contributed by atoms with Crippen molar-refractivity contribution in [2.24, 2.45) is 5.92 Å². The van der Waals surface area contributed by atoms with Crippen LogP contribution in [-0.2, 0) is 6.54 Å². The molecule has 1 aliphatic carbocycles. The van der Waals surface area contributed by atoms with Crippen molar-refractivity contribution >= 4 is 17.5 Å². The Bertz CT molecular complexity index is 1080. The first-order valence-electron chi connectivity index (χ1n) is 12.7. The van der Waals surface area contributed by atoms with Gasteiger partial charge >= 0.3 is 0 Å². The summed E-state index contributed by atoms with van der Waals surface area (Å²) in [6.07, 6.45) is 9.24. The number of nitrogens with one attached hydrogen (secondary N) is 1. The van der Waals surface area contributed by atoms with Crippen molar-refractivity contribution in [3.05, 3.63) is 58.0 Å². The van der Waals surface area contributed by atoms with E-state index in [9.17, 15) is 14.4 Å². The molecule has 2 heterocycles. The Labute approximate surface area is 206 Å². The average molecular weight is 481 g/mol. The Hall–Kier alpha value is -3.29. The molecule has 1 aromatic heterocycles. The van der Waals surface area contributed by atoms with Crippen molar-refractivity contribution in [1.82, 2.24) is 14.8 Å². The summed E-state index contributed by atoms with van der Waals surface area (Å²) in [7, 11) is 1.64. The minimum absolute atomic E-state index is 0.0466. The second-order valence-corrected chi connectivity index (χ2v) is 9.45. The zero-order valence-corrected chi connectivity index (χ0v) is 20.8. The molecule has 0 atom stereocenters. The molecule has 0 spiro atoms. The first-order valence-corrected chi connectivity index (χ1v) is 12.7. The van der Waals surface area contributed by atoms with Crippen LogP contribution in [0.5, 0.6) is 5.75 Å². The summed E-state index contributed by atoms with van der Waals surface area (Å²) in [6, 6.07) is 7.87. The molecule has 1 N–H and O–H groups in total. The molecule has 1 saturated heterocycles. The van der Waals surface area contributed by atoms with Gasteiger partial charge in [0.1, 0.15) is 16.9 Å². The number of hydrogen-bond donors (Lipinski definition) is 1. The number of piperazine rings is 1. The van der Waals surface area contributed by atoms with Gasteiger partial charge in [0.25, 0.3) is 11.8 Å². The Kier molecular flexibility index (Phi) is 8.10. The molecule has 0 radical (unpaired) electrons. The summed E-state index contributed by atoms with van der Waals surface area (Å²) < 4.78 is 7.12. The highest BCUT2D eigenvalue weighted by molar-refractivity contribution is 5.99. The Balaban J connectivity index is 1.52. The SMILES string of the molecule is CCNC(=O)c1cn(CC2CCCCC2)cc(C(=O)N2CCN(c3ccc(OC)cc3)CC2)c1=O. The van der Waals surface area contributed by atoms with Crippen LogP contribution in [0.1, 0.15) is 59.7 Å². The molecule has 188 valence electrons. The van der Waals surface area contributed by atoms with Crippen molar-refractivity contribution in [1.29, 1.82) is 0 Å². The number of aromatic nitrogens is 1. The minimum Gasteiger partial charge on any atom is -0.497 e. The van der Waals surface area contributed by atoms with Gasteiger partial charge in [-0.3, -0.25) is 14.4 Å². The van der Waals surface area contributed by atoms with Crippen molar-refractivity contribution in [2.45, 2.75) is 45.6 Å². The number of amides is 2. The maximum atomic E-state index is 13.5. The maximum Gasteiger partial charge on any atom is 0.259 e. The van der Waals surface area contributed by atoms with Crippen LogP contribution in [0, 0.1) is 5.92 Å². The number of carbonyl (C=O) groups excluding carboxylic acids is 2. The van der Waals surface area contributed by atoms with Gasteiger partial charge in [-0.1, -0.05) is 19.3 Å². The molecule has 0 bridgehead atoms. The van der Waals surface area contributed by atoms with Gasteiger partial charge in [-0.2, -0.15) is 0 Å². The van der Waals surface area contributed by atoms with Crippen LogP contribution in [0.4, 0.5) is 5.69 Å². The summed E-state index contributed by atoms with van der Waals surface area (Å²) in [4.78, 5) is 43.3. The molecule has 1 saturated carbocycles. The molecule has 1 aromatic carbocycles. The fraction of sp³-hybridized carbons (Fsp3) is 0.519. The molecule has 2 aromatic rings. The van der Waals surface area contributed by atoms with Crippen molar-refractivity contribution in [2.75, 3.05) is 44.7 Å². The van der Waals surface area contributed by atoms with Crippen molar-refractivity contribution in [3.63, 3.8) is 0 Å². The molecule has 8 heteroatoms. The van der Waals surface area contributed by atoms with E-state index in [2.05, 4.69) is 10.2 Å². The van der Waals surface area contributed by atoms with Crippen LogP contribution >= 0.6 is 0 Å². The number of pyridine rings is 1. The summed E-state index contributed by atoms with van der Waals surface area (Å²) >= 11 is 0. The van der Waals surface area contributed by atoms with E-state index < -0.39 is 11.3 Å². The monoisotopic (exact) mass is 480 g/mol. The van der Waals surface area contributed by atoms with Crippen molar-refractivity contribution < 1.29 is 14.3 Å². The van der Waals surface area contributed by atoms with Gasteiger partial charge in [0.2, 0.25) is 5.43 Å². The van der Waals surface area contributed by atoms with E-state index in [0.717, 1.165) is 30.8 Å². The lowest BCUT2D eigenvalue weighted by atomic mass is 9.89. The zero-order chi connectivity index (χ0) is 24.8. The molecule has 35 heavy (non-hydrogen) atoms. The predicted octanol–water partition coefficient (Wildman–Crippen LogP) is 3.15. The van der Waals surface area contributed by atoms with E-state index in [-0.39, 0.29) is 17.0 Å². The normalized spacial score (nSPS) is 16.7. The van der Waals surface area contributed by atoms with Crippen molar-refractivity contribution in [3.8, 4) is 5.75 Å². The molecule has 4 rings (SSSR count). The van der Waals surface area contributed by atoms with E-state index in [1.807, 2.05) is 35.8 Å². The molecule has 2 aliphatic rings. The Morgan fingerprint density at radius 1 is 0.971 bits per heavy atom. The number of anilines is 1. The van der Waals surface area contributed by atoms with E-state index in [1.165, 1.54) is 19.3 Å². The highest BCUT2D eigenvalue weighted by Crippen LogP contribution is 2.25. The summed E-state index contributed by atoms with van der Waals surface area (Å²) in [5.74, 6) is 0.588. The number of hydrogen-bond acceptors (Lipinski definition) is 5. The highest BCUT2D eigenvalue weighted by Gasteiger charge is 2.27. The van der Waals surface area contributed by atoms with Gasteiger partial charge in [-0.15, -0.1) is 0 Å². The zero-order valence-electron chi connectivity index (χ0n) is 20.8. The summed E-state index contributed by atoms with van der Waals surface area (Å²) in [5, 5.41) is 2.72. The summed E-state index contributed by atoms with van der Waals surface area (Å²) in [6.45, 7) is 5.33. The minimum atomic E-state index is -0.488. The van der Waals surface area contributed by atoms with Crippen LogP contribution in [0.3, 0.4) is 0 Å². The van der Waals surface area contributed by atoms with Gasteiger partial charge in [0, 0.05) is 57.3 Å². The highest BCUT2D eigenvalue weighted by atomic mass is 16.5. The van der Waals surface area contributed by atoms with Gasteiger partial charge in [0.05, 0.1) is 7.11 Å². The van der Waals surface area contributed by atoms with E-state index >= 15 is 0 Å². The first kappa shape index (κ1) is 24.8. The lowest BCUT2D eigenvalue weighted by Crippen LogP contribution is -2.50. The third-order valence-corrected chi connectivity index (χ3v) is 7.09. The number of nitrogens with zero attached hydrogens (tertiary/aromatic N) is 3. The third-order valence-electron chi connectivity index (χ3n) is 7.09. The molecule has 0 unspecified atom stereocenters. The fourth-order valence-corrected chi connectivity index (χ4v) is 5.11. The number of methoxy groups -OCH3 is 1. The smallest absolute Gasteiger partial charge is 0.259 e. The molecule has 2 fully saturated rings. The Morgan fingerprint density at radius 3 is 2.26 bits per heavy atom. The second kappa shape index (κ2) is 11.4. The van der Waals surface area contributed by atoms with Crippen LogP contribution < -0.4 is 20.4 Å². The molecule has 8 nitrogen and oxygen atoms in total. The largest absolute Gasteiger partial charge is 0.497 e. The van der Waals surface area contributed by atoms with Gasteiger partial charge in [-0.05, 0) is 49.9 Å². The van der Waals surface area contributed by atoms with Crippen LogP contribution in [0.2, 0.25) is 0 Å². The average Bonchev–Trinajstić information content (AvgIpc) is 2.90. The van der Waals surface area contributed by atoms with E-state index in [1.54, 1.807) is 24.4 Å². The molecule has 2 amide bonds. The topological polar surface area (TPSA) is 83.9 Å². The number of ether oxygens (including phenoxy) is 1. The Morgan fingerprint density at radius 2 is 1.63 bits per heavy atom. The fourth-order valence-electron chi connectivity index (χ4n) is 5.11. The maximum absolute atomic E-state index is 13.5. The number of benzene rings is 1. The standard InChI is InChI=1S/C27H36N4O4/c1-3-28-26(33)23-18-29(17-20-7-5-4-6-8-20)19-24(25(23)32)27(34)31-15-13-30(14-16-31)21-9-11-22(35-2)12-10-21/h9-12,18-20H,3-8,13-17H2,1-2H3,(H,28,33). The summed E-state index contributed by atoms with van der Waals surface area (Å²) in [5.41, 5.74) is 0.720. The van der Waals surface area contributed by atoms with Gasteiger partial charge in [0.15, 0.2) is 0 Å². The number of carbonyl (C=O) groups is 2. The quantitative estimate of drug-likeness (QED) is 0.658. The van der Waals surface area contributed by atoms with E-state index in [0.29, 0.717) is 38.6 Å². The van der Waals surface area contributed by atoms with E-state index in [4.69, 9.17) is 4.74 Å². The second-order valence-electron chi connectivity index (χ2n) is 9.45. The third kappa shape index (κ3) is 5.86. The lowest BCUT2D eigenvalue weighted by molar-refractivity contribution is 0.0744. The lowest BCUT2D eigenvalue weighted by Gasteiger charge is -2.36. The van der Waals surface area contributed by atoms with Crippen LogP contribution in [-0.4, -0.2) is 61.1 Å². The number of rotatable bonds is 7. The van der Waals surface area contributed by atoms with Gasteiger partial charge in [-0.25, -0.2) is 0 Å².